The maximum absolute atomic E-state index is 8.25. The number of carbonyl (C=O) groups is 2. The van der Waals surface area contributed by atoms with Gasteiger partial charge in [0.05, 0.1) is 0 Å². The van der Waals surface area contributed by atoms with Gasteiger partial charge < -0.3 is 19.8 Å². The summed E-state index contributed by atoms with van der Waals surface area (Å²) in [4.78, 5) is 16.5. The van der Waals surface area contributed by atoms with Crippen molar-refractivity contribution in [1.29, 1.82) is 0 Å². The van der Waals surface area contributed by atoms with E-state index in [-0.39, 0.29) is 17.1 Å². The van der Waals surface area contributed by atoms with Gasteiger partial charge >= 0.3 is 17.1 Å². The Bertz CT molecular complexity index is 360. The van der Waals surface area contributed by atoms with Gasteiger partial charge in [0.2, 0.25) is 0 Å². The number of carboxylic acid groups (broad SMARTS) is 2. The zero-order valence-electron chi connectivity index (χ0n) is 8.71. The Morgan fingerprint density at radius 1 is 0.706 bits per heavy atom. The number of carbonyl (C=O) groups excluding carboxylic acids is 2. The van der Waals surface area contributed by atoms with Crippen LogP contribution in [0.15, 0.2) is 48.5 Å². The first-order valence-corrected chi connectivity index (χ1v) is 4.35. The van der Waals surface area contributed by atoms with Crippen molar-refractivity contribution in [3.05, 3.63) is 48.5 Å². The van der Waals surface area contributed by atoms with Crippen molar-refractivity contribution >= 4 is 23.7 Å². The van der Waals surface area contributed by atoms with Crippen molar-refractivity contribution in [3.8, 4) is 0 Å². The van der Waals surface area contributed by atoms with E-state index in [0.29, 0.717) is 0 Å². The number of hydrogen-bond donors (Lipinski definition) is 0. The second kappa shape index (κ2) is 12.2. The first-order chi connectivity index (χ1) is 7.79. The summed E-state index contributed by atoms with van der Waals surface area (Å²) in [6.45, 7) is -1.00. The van der Waals surface area contributed by atoms with E-state index in [2.05, 4.69) is 48.5 Å². The molecule has 0 bridgehead atoms. The SMILES string of the molecule is O=C[O-].O=C[O-].[Cu+2].c1ccc2ccccc2c1. The molecule has 2 aromatic carbocycles. The van der Waals surface area contributed by atoms with Crippen molar-refractivity contribution < 1.29 is 36.9 Å². The molecule has 0 saturated carbocycles. The third-order valence-corrected chi connectivity index (χ3v) is 1.66. The van der Waals surface area contributed by atoms with Crippen LogP contribution >= 0.6 is 0 Å². The molecule has 0 N–H and O–H groups in total. The third-order valence-electron chi connectivity index (χ3n) is 1.66. The van der Waals surface area contributed by atoms with Gasteiger partial charge in [0.15, 0.2) is 0 Å². The van der Waals surface area contributed by atoms with Crippen molar-refractivity contribution in [2.45, 2.75) is 0 Å². The average molecular weight is 282 g/mol. The summed E-state index contributed by atoms with van der Waals surface area (Å²) in [5.41, 5.74) is 0. The van der Waals surface area contributed by atoms with E-state index >= 15 is 0 Å². The summed E-state index contributed by atoms with van der Waals surface area (Å²) in [5.74, 6) is 0. The molecule has 2 aromatic rings. The number of rotatable bonds is 0. The Labute approximate surface area is 109 Å². The Hall–Kier alpha value is -1.84. The minimum Gasteiger partial charge on any atom is -0.554 e. The Balaban J connectivity index is 0. The molecule has 4 nitrogen and oxygen atoms in total. The van der Waals surface area contributed by atoms with Crippen molar-refractivity contribution in [2.24, 2.45) is 0 Å². The van der Waals surface area contributed by atoms with E-state index in [0.717, 1.165) is 0 Å². The number of hydrogen-bond acceptors (Lipinski definition) is 4. The maximum atomic E-state index is 8.25. The largest absolute Gasteiger partial charge is 2.00 e. The Morgan fingerprint density at radius 2 is 0.882 bits per heavy atom. The molecule has 0 spiro atoms. The van der Waals surface area contributed by atoms with Gasteiger partial charge in [-0.1, -0.05) is 48.5 Å². The topological polar surface area (TPSA) is 80.3 Å². The molecule has 0 atom stereocenters. The summed E-state index contributed by atoms with van der Waals surface area (Å²) in [6.07, 6.45) is 0. The normalized spacial score (nSPS) is 7.29. The molecule has 0 amide bonds. The van der Waals surface area contributed by atoms with E-state index < -0.39 is 12.9 Å². The predicted molar refractivity (Wildman–Crippen MR) is 56.1 cm³/mol. The van der Waals surface area contributed by atoms with Crippen LogP contribution in [-0.2, 0) is 26.7 Å². The molecule has 93 valence electrons. The monoisotopic (exact) mass is 281 g/mol. The van der Waals surface area contributed by atoms with E-state index in [4.69, 9.17) is 19.8 Å². The molecule has 0 saturated heterocycles. The zero-order valence-corrected chi connectivity index (χ0v) is 9.65. The minimum atomic E-state index is -0.500. The zero-order chi connectivity index (χ0) is 12.2. The van der Waals surface area contributed by atoms with Crippen LogP contribution in [0, 0.1) is 0 Å². The van der Waals surface area contributed by atoms with Crippen LogP contribution in [0.5, 0.6) is 0 Å². The first kappa shape index (κ1) is 17.6. The van der Waals surface area contributed by atoms with Gasteiger partial charge in [-0.05, 0) is 10.8 Å². The van der Waals surface area contributed by atoms with Crippen LogP contribution in [-0.4, -0.2) is 12.9 Å². The molecule has 0 aliphatic carbocycles. The summed E-state index contributed by atoms with van der Waals surface area (Å²) < 4.78 is 0. The van der Waals surface area contributed by atoms with Crippen LogP contribution < -0.4 is 10.2 Å². The van der Waals surface area contributed by atoms with Crippen LogP contribution in [0.4, 0.5) is 0 Å². The van der Waals surface area contributed by atoms with Gasteiger partial charge in [-0.25, -0.2) is 0 Å². The average Bonchev–Trinajstić information content (AvgIpc) is 2.31. The molecule has 0 aromatic heterocycles. The molecule has 2 rings (SSSR count). The quantitative estimate of drug-likeness (QED) is 0.485. The van der Waals surface area contributed by atoms with Crippen molar-refractivity contribution in [3.63, 3.8) is 0 Å². The maximum Gasteiger partial charge on any atom is 2.00 e. The summed E-state index contributed by atoms with van der Waals surface area (Å²) in [5, 5.41) is 19.1. The van der Waals surface area contributed by atoms with E-state index in [1.165, 1.54) is 10.8 Å². The second-order valence-electron chi connectivity index (χ2n) is 2.54. The fourth-order valence-corrected chi connectivity index (χ4v) is 1.13. The van der Waals surface area contributed by atoms with E-state index in [9.17, 15) is 0 Å². The molecule has 17 heavy (non-hydrogen) atoms. The summed E-state index contributed by atoms with van der Waals surface area (Å²) in [7, 11) is 0. The van der Waals surface area contributed by atoms with E-state index in [1.54, 1.807) is 0 Å². The van der Waals surface area contributed by atoms with E-state index in [1.807, 2.05) is 0 Å². The van der Waals surface area contributed by atoms with Gasteiger partial charge in [0, 0.05) is 12.9 Å². The predicted octanol–water partition coefficient (Wildman–Crippen LogP) is -0.430. The van der Waals surface area contributed by atoms with Crippen molar-refractivity contribution in [1.82, 2.24) is 0 Å². The third kappa shape index (κ3) is 8.02. The molecule has 0 aliphatic rings. The fourth-order valence-electron chi connectivity index (χ4n) is 1.13. The molecule has 0 unspecified atom stereocenters. The fraction of sp³-hybridized carbons (Fsp3) is 0. The van der Waals surface area contributed by atoms with Crippen LogP contribution in [0.2, 0.25) is 0 Å². The standard InChI is InChI=1S/C10H8.2CH2O2.Cu/c1-2-6-10-8-4-3-7-9(10)5-1;2*2-1-3;/h1-8H;2*1H,(H,2,3);/q;;;+2/p-2. The molecular formula is C12H10CuO4. The van der Waals surface area contributed by atoms with Gasteiger partial charge in [0.25, 0.3) is 0 Å². The van der Waals surface area contributed by atoms with Gasteiger partial charge in [-0.2, -0.15) is 0 Å². The van der Waals surface area contributed by atoms with Crippen molar-refractivity contribution in [2.75, 3.05) is 0 Å². The number of fused-ring (bicyclic) bond motifs is 1. The van der Waals surface area contributed by atoms with Crippen LogP contribution in [0.25, 0.3) is 10.8 Å². The smallest absolute Gasteiger partial charge is 0.554 e. The van der Waals surface area contributed by atoms with Gasteiger partial charge in [0.1, 0.15) is 0 Å². The number of benzene rings is 2. The molecule has 1 radical (unpaired) electrons. The first-order valence-electron chi connectivity index (χ1n) is 4.35. The van der Waals surface area contributed by atoms with Gasteiger partial charge in [-0.3, -0.25) is 0 Å². The summed E-state index contributed by atoms with van der Waals surface area (Å²) in [6, 6.07) is 16.7. The second-order valence-corrected chi connectivity index (χ2v) is 2.54. The molecule has 5 heteroatoms. The molecular weight excluding hydrogens is 272 g/mol. The molecule has 0 fully saturated rings. The Kier molecular flexibility index (Phi) is 12.6. The Morgan fingerprint density at radius 3 is 1.06 bits per heavy atom. The minimum absolute atomic E-state index is 0. The van der Waals surface area contributed by atoms with Gasteiger partial charge in [-0.15, -0.1) is 0 Å². The molecule has 0 aliphatic heterocycles. The summed E-state index contributed by atoms with van der Waals surface area (Å²) >= 11 is 0. The molecule has 0 heterocycles. The van der Waals surface area contributed by atoms with Crippen LogP contribution in [0.1, 0.15) is 0 Å². The van der Waals surface area contributed by atoms with Crippen LogP contribution in [0.3, 0.4) is 0 Å².